The van der Waals surface area contributed by atoms with E-state index in [0.717, 1.165) is 41.0 Å². The quantitative estimate of drug-likeness (QED) is 0.0647. The van der Waals surface area contributed by atoms with Crippen LogP contribution in [0, 0.1) is 0 Å². The van der Waals surface area contributed by atoms with Gasteiger partial charge in [0.25, 0.3) is 0 Å². The normalized spacial score (nSPS) is 17.5. The summed E-state index contributed by atoms with van der Waals surface area (Å²) in [6.45, 7) is 1.09. The fourth-order valence-electron chi connectivity index (χ4n) is 8.13. The van der Waals surface area contributed by atoms with E-state index in [2.05, 4.69) is 34.9 Å². The standard InChI is InChI=1S/C48H52N2O8/c1-54-37-24-20-34(21-25-37)48(33-13-5-3-6-14-33,35-22-26-38(55-2)27-23-35)58-32-45-44(51)29-36(30-56-45)50-46(52)19-7-4-12-28-49-47(53)57-31-43-41-17-10-8-15-39(41)40-16-9-11-18-42(40)43/h3,5-6,8-11,13-18,20-27,36,43-45,51H,4,7,12,19,28-32H2,1-2H3,(H,49,53)(H,50,52)/t36-,44+,45-/m1/s1. The first-order valence-corrected chi connectivity index (χ1v) is 20.1. The SMILES string of the molecule is COc1ccc(C(OC[C@H]2OC[C@H](NC(=O)CCCCCNC(=O)OCC3c4ccccc4-c4ccccc43)C[C@@H]2O)(c2ccccc2)c2ccc(OC)cc2)cc1. The zero-order valence-electron chi connectivity index (χ0n) is 33.1. The summed E-state index contributed by atoms with van der Waals surface area (Å²) in [4.78, 5) is 25.4. The molecule has 1 heterocycles. The Bertz CT molecular complexity index is 2010. The Morgan fingerprint density at radius 3 is 1.86 bits per heavy atom. The lowest BCUT2D eigenvalue weighted by Crippen LogP contribution is -2.51. The maximum atomic E-state index is 12.9. The van der Waals surface area contributed by atoms with E-state index in [1.54, 1.807) is 14.2 Å². The van der Waals surface area contributed by atoms with Crippen molar-refractivity contribution in [3.05, 3.63) is 155 Å². The Morgan fingerprint density at radius 2 is 1.28 bits per heavy atom. The molecule has 58 heavy (non-hydrogen) atoms. The minimum absolute atomic E-state index is 0.0147. The molecule has 302 valence electrons. The van der Waals surface area contributed by atoms with Crippen LogP contribution in [0.2, 0.25) is 0 Å². The Balaban J connectivity index is 0.858. The fourth-order valence-corrected chi connectivity index (χ4v) is 8.13. The van der Waals surface area contributed by atoms with E-state index in [0.29, 0.717) is 25.8 Å². The fraction of sp³-hybridized carbons (Fsp3) is 0.333. The highest BCUT2D eigenvalue weighted by Gasteiger charge is 2.40. The summed E-state index contributed by atoms with van der Waals surface area (Å²) in [6, 6.07) is 41.7. The molecule has 2 amide bonds. The lowest BCUT2D eigenvalue weighted by Gasteiger charge is -2.39. The van der Waals surface area contributed by atoms with Gasteiger partial charge in [0.05, 0.1) is 39.6 Å². The number of ether oxygens (including phenoxy) is 5. The van der Waals surface area contributed by atoms with Gasteiger partial charge in [0.2, 0.25) is 5.91 Å². The third-order valence-corrected chi connectivity index (χ3v) is 11.2. The summed E-state index contributed by atoms with van der Waals surface area (Å²) in [5.74, 6) is 1.37. The molecule has 10 heteroatoms. The summed E-state index contributed by atoms with van der Waals surface area (Å²) >= 11 is 0. The average molecular weight is 785 g/mol. The third-order valence-electron chi connectivity index (χ3n) is 11.2. The molecule has 0 spiro atoms. The minimum Gasteiger partial charge on any atom is -0.497 e. The van der Waals surface area contributed by atoms with E-state index in [9.17, 15) is 14.7 Å². The van der Waals surface area contributed by atoms with Crippen LogP contribution in [0.3, 0.4) is 0 Å². The number of hydrogen-bond donors (Lipinski definition) is 3. The van der Waals surface area contributed by atoms with E-state index in [-0.39, 0.29) is 37.7 Å². The van der Waals surface area contributed by atoms with E-state index < -0.39 is 23.9 Å². The molecule has 0 saturated carbocycles. The second-order valence-corrected chi connectivity index (χ2v) is 14.8. The first-order chi connectivity index (χ1) is 28.4. The van der Waals surface area contributed by atoms with Gasteiger partial charge < -0.3 is 39.4 Å². The molecular formula is C48H52N2O8. The molecule has 7 rings (SSSR count). The number of carbonyl (C=O) groups excluding carboxylic acids is 2. The van der Waals surface area contributed by atoms with Crippen molar-refractivity contribution in [2.24, 2.45) is 0 Å². The molecule has 1 saturated heterocycles. The number of amides is 2. The van der Waals surface area contributed by atoms with Gasteiger partial charge in [-0.15, -0.1) is 0 Å². The molecule has 10 nitrogen and oxygen atoms in total. The van der Waals surface area contributed by atoms with Crippen molar-refractivity contribution in [3.63, 3.8) is 0 Å². The number of benzene rings is 5. The molecule has 5 aromatic carbocycles. The zero-order valence-corrected chi connectivity index (χ0v) is 33.1. The van der Waals surface area contributed by atoms with Crippen LogP contribution in [0.4, 0.5) is 4.79 Å². The highest BCUT2D eigenvalue weighted by molar-refractivity contribution is 5.79. The highest BCUT2D eigenvalue weighted by Crippen LogP contribution is 2.45. The smallest absolute Gasteiger partial charge is 0.407 e. The molecule has 5 aromatic rings. The molecule has 0 unspecified atom stereocenters. The Kier molecular flexibility index (Phi) is 13.4. The predicted molar refractivity (Wildman–Crippen MR) is 222 cm³/mol. The van der Waals surface area contributed by atoms with Gasteiger partial charge >= 0.3 is 6.09 Å². The van der Waals surface area contributed by atoms with E-state index >= 15 is 0 Å². The number of nitrogens with one attached hydrogen (secondary N) is 2. The maximum absolute atomic E-state index is 12.9. The number of aliphatic hydroxyl groups excluding tert-OH is 1. The number of fused-ring (bicyclic) bond motifs is 3. The van der Waals surface area contributed by atoms with Crippen LogP contribution in [0.5, 0.6) is 11.5 Å². The number of alkyl carbamates (subject to hydrolysis) is 1. The van der Waals surface area contributed by atoms with Crippen LogP contribution in [0.25, 0.3) is 11.1 Å². The van der Waals surface area contributed by atoms with E-state index in [1.807, 2.05) is 103 Å². The first-order valence-electron chi connectivity index (χ1n) is 20.1. The lowest BCUT2D eigenvalue weighted by molar-refractivity contribution is -0.141. The molecule has 3 atom stereocenters. The average Bonchev–Trinajstić information content (AvgIpc) is 3.59. The number of carbonyl (C=O) groups is 2. The van der Waals surface area contributed by atoms with Gasteiger partial charge in [-0.2, -0.15) is 0 Å². The van der Waals surface area contributed by atoms with Gasteiger partial charge in [0.15, 0.2) is 0 Å². The van der Waals surface area contributed by atoms with Gasteiger partial charge in [-0.1, -0.05) is 110 Å². The van der Waals surface area contributed by atoms with Crippen LogP contribution in [-0.4, -0.2) is 75.9 Å². The third kappa shape index (κ3) is 9.20. The van der Waals surface area contributed by atoms with Crippen LogP contribution in [0.1, 0.15) is 65.8 Å². The van der Waals surface area contributed by atoms with Crippen molar-refractivity contribution >= 4 is 12.0 Å². The molecule has 0 radical (unpaired) electrons. The molecular weight excluding hydrogens is 733 g/mol. The van der Waals surface area contributed by atoms with Crippen LogP contribution >= 0.6 is 0 Å². The number of aliphatic hydroxyl groups is 1. The van der Waals surface area contributed by atoms with Crippen molar-refractivity contribution in [3.8, 4) is 22.6 Å². The molecule has 3 N–H and O–H groups in total. The molecule has 1 aliphatic carbocycles. The number of rotatable bonds is 17. The zero-order chi connectivity index (χ0) is 40.3. The summed E-state index contributed by atoms with van der Waals surface area (Å²) in [6.07, 6.45) is 0.934. The van der Waals surface area contributed by atoms with E-state index in [4.69, 9.17) is 23.7 Å². The van der Waals surface area contributed by atoms with Crippen LogP contribution in [0.15, 0.2) is 127 Å². The second-order valence-electron chi connectivity index (χ2n) is 14.8. The molecule has 2 aliphatic rings. The highest BCUT2D eigenvalue weighted by atomic mass is 16.6. The number of hydrogen-bond acceptors (Lipinski definition) is 8. The van der Waals surface area contributed by atoms with Crippen molar-refractivity contribution in [1.82, 2.24) is 10.6 Å². The van der Waals surface area contributed by atoms with Gasteiger partial charge in [0.1, 0.15) is 29.8 Å². The summed E-state index contributed by atoms with van der Waals surface area (Å²) < 4.78 is 29.6. The topological polar surface area (TPSA) is 125 Å². The molecule has 0 aromatic heterocycles. The lowest BCUT2D eigenvalue weighted by atomic mass is 9.80. The first kappa shape index (κ1) is 40.5. The van der Waals surface area contributed by atoms with Crippen molar-refractivity contribution in [2.75, 3.05) is 40.6 Å². The van der Waals surface area contributed by atoms with Crippen LogP contribution < -0.4 is 20.1 Å². The van der Waals surface area contributed by atoms with Gasteiger partial charge in [-0.3, -0.25) is 4.79 Å². The molecule has 1 fully saturated rings. The van der Waals surface area contributed by atoms with Crippen molar-refractivity contribution in [2.45, 2.75) is 61.9 Å². The summed E-state index contributed by atoms with van der Waals surface area (Å²) in [7, 11) is 3.27. The largest absolute Gasteiger partial charge is 0.497 e. The predicted octanol–water partition coefficient (Wildman–Crippen LogP) is 7.75. The number of unbranched alkanes of at least 4 members (excludes halogenated alkanes) is 2. The molecule has 0 bridgehead atoms. The Morgan fingerprint density at radius 1 is 0.707 bits per heavy atom. The Hall–Kier alpha value is -5.68. The van der Waals surface area contributed by atoms with Gasteiger partial charge in [-0.05, 0) is 82.5 Å². The van der Waals surface area contributed by atoms with Gasteiger partial charge in [0, 0.05) is 18.9 Å². The minimum atomic E-state index is -1.04. The molecule has 1 aliphatic heterocycles. The van der Waals surface area contributed by atoms with E-state index in [1.165, 1.54) is 22.3 Å². The maximum Gasteiger partial charge on any atom is 0.407 e. The monoisotopic (exact) mass is 784 g/mol. The van der Waals surface area contributed by atoms with Crippen molar-refractivity contribution < 1.29 is 38.4 Å². The number of methoxy groups -OCH3 is 2. The second kappa shape index (κ2) is 19.2. The summed E-state index contributed by atoms with van der Waals surface area (Å²) in [5.41, 5.74) is 6.36. The van der Waals surface area contributed by atoms with Crippen molar-refractivity contribution in [1.29, 1.82) is 0 Å². The summed E-state index contributed by atoms with van der Waals surface area (Å²) in [5, 5.41) is 17.1. The van der Waals surface area contributed by atoms with Crippen LogP contribution in [-0.2, 0) is 24.6 Å². The van der Waals surface area contributed by atoms with Gasteiger partial charge in [-0.25, -0.2) is 4.79 Å². The Labute approximate surface area is 340 Å².